The number of hydrogen-bond donors (Lipinski definition) is 0. The zero-order valence-electron chi connectivity index (χ0n) is 10.8. The minimum absolute atomic E-state index is 0.0466. The fourth-order valence-electron chi connectivity index (χ4n) is 1.65. The van der Waals surface area contributed by atoms with E-state index in [2.05, 4.69) is 15.0 Å². The molecule has 20 heavy (non-hydrogen) atoms. The van der Waals surface area contributed by atoms with Crippen LogP contribution in [0.25, 0.3) is 0 Å². The van der Waals surface area contributed by atoms with E-state index in [9.17, 15) is 13.2 Å². The lowest BCUT2D eigenvalue weighted by Crippen LogP contribution is -2.37. The standard InChI is InChI=1S/C11H14ClF3N4O/c1-2-5-20-10-17-8(12)16-9(18-10)19(7-3-4-7)6-11(13,14)15/h7H,2-6H2,1H3. The number of aromatic nitrogens is 3. The van der Waals surface area contributed by atoms with Crippen LogP contribution in [0.15, 0.2) is 0 Å². The van der Waals surface area contributed by atoms with Crippen molar-refractivity contribution in [1.29, 1.82) is 0 Å². The number of halogens is 4. The first-order valence-corrected chi connectivity index (χ1v) is 6.64. The van der Waals surface area contributed by atoms with Crippen LogP contribution < -0.4 is 9.64 Å². The van der Waals surface area contributed by atoms with E-state index in [1.807, 2.05) is 6.92 Å². The molecule has 1 aliphatic carbocycles. The fraction of sp³-hybridized carbons (Fsp3) is 0.727. The smallest absolute Gasteiger partial charge is 0.406 e. The Kier molecular flexibility index (Phi) is 4.52. The van der Waals surface area contributed by atoms with Crippen LogP contribution >= 0.6 is 11.6 Å². The Labute approximate surface area is 119 Å². The van der Waals surface area contributed by atoms with Crippen LogP contribution in [0.2, 0.25) is 5.28 Å². The maximum Gasteiger partial charge on any atom is 0.406 e. The van der Waals surface area contributed by atoms with Crippen molar-refractivity contribution in [2.75, 3.05) is 18.1 Å². The minimum atomic E-state index is -4.33. The van der Waals surface area contributed by atoms with Crippen LogP contribution in [0.5, 0.6) is 6.01 Å². The van der Waals surface area contributed by atoms with E-state index in [1.165, 1.54) is 0 Å². The van der Waals surface area contributed by atoms with Crippen molar-refractivity contribution >= 4 is 17.5 Å². The zero-order chi connectivity index (χ0) is 14.8. The SMILES string of the molecule is CCCOc1nc(Cl)nc(N(CC(F)(F)F)C2CC2)n1. The van der Waals surface area contributed by atoms with Gasteiger partial charge in [-0.25, -0.2) is 0 Å². The molecule has 1 heterocycles. The van der Waals surface area contributed by atoms with Crippen molar-refractivity contribution in [2.24, 2.45) is 0 Å². The van der Waals surface area contributed by atoms with Gasteiger partial charge in [0.25, 0.3) is 0 Å². The first kappa shape index (κ1) is 15.1. The van der Waals surface area contributed by atoms with Crippen LogP contribution in [0.1, 0.15) is 26.2 Å². The molecule has 1 fully saturated rings. The maximum atomic E-state index is 12.6. The second kappa shape index (κ2) is 5.99. The van der Waals surface area contributed by atoms with Crippen LogP contribution in [0.4, 0.5) is 19.1 Å². The molecular formula is C11H14ClF3N4O. The number of hydrogen-bond acceptors (Lipinski definition) is 5. The Morgan fingerprint density at radius 1 is 1.30 bits per heavy atom. The molecule has 0 aliphatic heterocycles. The molecule has 112 valence electrons. The van der Waals surface area contributed by atoms with Crippen LogP contribution in [-0.4, -0.2) is 40.3 Å². The van der Waals surface area contributed by atoms with E-state index in [0.29, 0.717) is 19.4 Å². The largest absolute Gasteiger partial charge is 0.463 e. The highest BCUT2D eigenvalue weighted by Gasteiger charge is 2.39. The molecule has 0 spiro atoms. The zero-order valence-corrected chi connectivity index (χ0v) is 11.6. The van der Waals surface area contributed by atoms with Crippen molar-refractivity contribution < 1.29 is 17.9 Å². The van der Waals surface area contributed by atoms with Gasteiger partial charge in [-0.05, 0) is 30.9 Å². The summed E-state index contributed by atoms with van der Waals surface area (Å²) in [5.41, 5.74) is 0. The Balaban J connectivity index is 2.21. The number of nitrogens with zero attached hydrogens (tertiary/aromatic N) is 4. The van der Waals surface area contributed by atoms with Gasteiger partial charge in [-0.2, -0.15) is 28.1 Å². The van der Waals surface area contributed by atoms with E-state index in [1.54, 1.807) is 0 Å². The van der Waals surface area contributed by atoms with Gasteiger partial charge in [-0.15, -0.1) is 0 Å². The number of rotatable bonds is 6. The number of ether oxygens (including phenoxy) is 1. The van der Waals surface area contributed by atoms with Gasteiger partial charge < -0.3 is 9.64 Å². The highest BCUT2D eigenvalue weighted by atomic mass is 35.5. The number of alkyl halides is 3. The molecule has 0 bridgehead atoms. The summed E-state index contributed by atoms with van der Waals surface area (Å²) in [5, 5.41) is -0.172. The van der Waals surface area contributed by atoms with Crippen molar-refractivity contribution in [3.63, 3.8) is 0 Å². The predicted octanol–water partition coefficient (Wildman–Crippen LogP) is 2.84. The lowest BCUT2D eigenvalue weighted by molar-refractivity contribution is -0.120. The Morgan fingerprint density at radius 3 is 2.55 bits per heavy atom. The summed E-state index contributed by atoms with van der Waals surface area (Å²) in [4.78, 5) is 12.5. The average Bonchev–Trinajstić information content (AvgIpc) is 3.16. The van der Waals surface area contributed by atoms with Crippen molar-refractivity contribution in [3.05, 3.63) is 5.28 Å². The molecule has 0 radical (unpaired) electrons. The third-order valence-electron chi connectivity index (χ3n) is 2.61. The van der Waals surface area contributed by atoms with Crippen molar-refractivity contribution in [3.8, 4) is 6.01 Å². The molecule has 0 unspecified atom stereocenters. The molecule has 0 aromatic carbocycles. The lowest BCUT2D eigenvalue weighted by atomic mass is 10.5. The van der Waals surface area contributed by atoms with Gasteiger partial charge in [-0.1, -0.05) is 6.92 Å². The van der Waals surface area contributed by atoms with E-state index in [-0.39, 0.29) is 23.3 Å². The molecule has 0 saturated heterocycles. The fourth-order valence-corrected chi connectivity index (χ4v) is 1.80. The second-order valence-electron chi connectivity index (χ2n) is 4.51. The second-order valence-corrected chi connectivity index (χ2v) is 4.85. The summed E-state index contributed by atoms with van der Waals surface area (Å²) in [5.74, 6) is -0.0871. The minimum Gasteiger partial charge on any atom is -0.463 e. The maximum absolute atomic E-state index is 12.6. The molecule has 1 aromatic heterocycles. The van der Waals surface area contributed by atoms with Gasteiger partial charge >= 0.3 is 12.2 Å². The first-order valence-electron chi connectivity index (χ1n) is 6.27. The quantitative estimate of drug-likeness (QED) is 0.808. The highest BCUT2D eigenvalue weighted by Crippen LogP contribution is 2.33. The molecule has 1 aliphatic rings. The average molecular weight is 311 g/mol. The monoisotopic (exact) mass is 310 g/mol. The van der Waals surface area contributed by atoms with Gasteiger partial charge in [0.2, 0.25) is 11.2 Å². The normalized spacial score (nSPS) is 15.2. The molecule has 1 saturated carbocycles. The molecule has 0 amide bonds. The van der Waals surface area contributed by atoms with Crippen molar-refractivity contribution in [1.82, 2.24) is 15.0 Å². The van der Waals surface area contributed by atoms with E-state index >= 15 is 0 Å². The molecule has 2 rings (SSSR count). The highest BCUT2D eigenvalue weighted by molar-refractivity contribution is 6.28. The molecular weight excluding hydrogens is 297 g/mol. The third kappa shape index (κ3) is 4.36. The van der Waals surface area contributed by atoms with Gasteiger partial charge in [0, 0.05) is 6.04 Å². The Morgan fingerprint density at radius 2 is 2.00 bits per heavy atom. The van der Waals surface area contributed by atoms with E-state index < -0.39 is 12.7 Å². The summed E-state index contributed by atoms with van der Waals surface area (Å²) >= 11 is 5.72. The molecule has 0 atom stereocenters. The lowest BCUT2D eigenvalue weighted by Gasteiger charge is -2.23. The summed E-state index contributed by atoms with van der Waals surface area (Å²) in [6.07, 6.45) is -2.23. The molecule has 5 nitrogen and oxygen atoms in total. The summed E-state index contributed by atoms with van der Waals surface area (Å²) in [6.45, 7) is 1.15. The summed E-state index contributed by atoms with van der Waals surface area (Å²) in [6, 6.07) is -0.246. The molecule has 1 aromatic rings. The van der Waals surface area contributed by atoms with Crippen molar-refractivity contribution in [2.45, 2.75) is 38.4 Å². The molecule has 0 N–H and O–H groups in total. The van der Waals surface area contributed by atoms with E-state index in [0.717, 1.165) is 11.3 Å². The molecule has 9 heteroatoms. The van der Waals surface area contributed by atoms with Gasteiger partial charge in [0.15, 0.2) is 0 Å². The van der Waals surface area contributed by atoms with Gasteiger partial charge in [0.1, 0.15) is 6.54 Å². The summed E-state index contributed by atoms with van der Waals surface area (Å²) < 4.78 is 43.0. The summed E-state index contributed by atoms with van der Waals surface area (Å²) in [7, 11) is 0. The van der Waals surface area contributed by atoms with Gasteiger partial charge in [0.05, 0.1) is 6.61 Å². The number of anilines is 1. The van der Waals surface area contributed by atoms with Crippen LogP contribution in [0.3, 0.4) is 0 Å². The predicted molar refractivity (Wildman–Crippen MR) is 67.0 cm³/mol. The first-order chi connectivity index (χ1) is 9.39. The van der Waals surface area contributed by atoms with E-state index in [4.69, 9.17) is 16.3 Å². The Hall–Kier alpha value is -1.31. The van der Waals surface area contributed by atoms with Gasteiger partial charge in [-0.3, -0.25) is 0 Å². The third-order valence-corrected chi connectivity index (χ3v) is 2.77. The van der Waals surface area contributed by atoms with Crippen LogP contribution in [-0.2, 0) is 0 Å². The topological polar surface area (TPSA) is 51.1 Å². The Bertz CT molecular complexity index is 467. The van der Waals surface area contributed by atoms with Crippen LogP contribution in [0, 0.1) is 0 Å².